The summed E-state index contributed by atoms with van der Waals surface area (Å²) < 4.78 is 19.3. The SMILES string of the molecule is Bc1cc(C(C)c2cc(Br)c(OCC3CO3)c(Br)c2)cc(Br)c1OC. The highest BCUT2D eigenvalue weighted by Crippen LogP contribution is 2.39. The molecule has 25 heavy (non-hydrogen) atoms. The Kier molecular flexibility index (Phi) is 6.19. The highest BCUT2D eigenvalue weighted by molar-refractivity contribution is 9.11. The minimum Gasteiger partial charge on any atom is -0.496 e. The normalized spacial score (nSPS) is 17.2. The van der Waals surface area contributed by atoms with E-state index in [1.54, 1.807) is 7.11 Å². The number of rotatable bonds is 6. The quantitative estimate of drug-likeness (QED) is 0.413. The van der Waals surface area contributed by atoms with Gasteiger partial charge in [0.1, 0.15) is 32.1 Å². The summed E-state index contributed by atoms with van der Waals surface area (Å²) >= 11 is 10.9. The van der Waals surface area contributed by atoms with Gasteiger partial charge in [-0.1, -0.05) is 13.0 Å². The third kappa shape index (κ3) is 4.44. The second-order valence-electron chi connectivity index (χ2n) is 6.15. The first-order chi connectivity index (χ1) is 11.9. The van der Waals surface area contributed by atoms with E-state index >= 15 is 0 Å². The first-order valence-electron chi connectivity index (χ1n) is 7.98. The lowest BCUT2D eigenvalue weighted by Gasteiger charge is -2.18. The number of hydrogen-bond donors (Lipinski definition) is 0. The monoisotopic (exact) mass is 530 g/mol. The Morgan fingerprint density at radius 1 is 1.08 bits per heavy atom. The maximum atomic E-state index is 5.86. The van der Waals surface area contributed by atoms with Crippen LogP contribution in [0, 0.1) is 0 Å². The molecule has 2 unspecified atom stereocenters. The van der Waals surface area contributed by atoms with Crippen LogP contribution in [0.25, 0.3) is 0 Å². The minimum atomic E-state index is 0.231. The van der Waals surface area contributed by atoms with Gasteiger partial charge in [0.05, 0.1) is 27.1 Å². The van der Waals surface area contributed by atoms with Gasteiger partial charge in [0.15, 0.2) is 0 Å². The molecule has 0 spiro atoms. The molecule has 1 fully saturated rings. The molecular formula is C18H18BBr3O3. The fraction of sp³-hybridized carbons (Fsp3) is 0.333. The van der Waals surface area contributed by atoms with Crippen LogP contribution in [0.2, 0.25) is 0 Å². The van der Waals surface area contributed by atoms with Gasteiger partial charge in [-0.05, 0) is 82.6 Å². The van der Waals surface area contributed by atoms with E-state index in [0.717, 1.165) is 37.0 Å². The maximum absolute atomic E-state index is 5.86. The van der Waals surface area contributed by atoms with Crippen molar-refractivity contribution in [3.8, 4) is 11.5 Å². The zero-order valence-corrected chi connectivity index (χ0v) is 19.0. The van der Waals surface area contributed by atoms with Crippen molar-refractivity contribution in [1.82, 2.24) is 0 Å². The molecule has 1 aliphatic heterocycles. The van der Waals surface area contributed by atoms with Crippen molar-refractivity contribution in [2.45, 2.75) is 18.9 Å². The largest absolute Gasteiger partial charge is 0.496 e. The van der Waals surface area contributed by atoms with Crippen molar-refractivity contribution in [2.24, 2.45) is 0 Å². The topological polar surface area (TPSA) is 31.0 Å². The summed E-state index contributed by atoms with van der Waals surface area (Å²) in [6, 6.07) is 8.52. The predicted octanol–water partition coefficient (Wildman–Crippen LogP) is 4.17. The lowest BCUT2D eigenvalue weighted by molar-refractivity contribution is 0.260. The zero-order valence-electron chi connectivity index (χ0n) is 14.2. The first kappa shape index (κ1) is 19.3. The van der Waals surface area contributed by atoms with Crippen LogP contribution in [0.15, 0.2) is 37.7 Å². The smallest absolute Gasteiger partial charge is 0.147 e. The zero-order chi connectivity index (χ0) is 18.1. The van der Waals surface area contributed by atoms with Crippen molar-refractivity contribution in [2.75, 3.05) is 20.3 Å². The Balaban J connectivity index is 1.88. The van der Waals surface area contributed by atoms with Gasteiger partial charge in [-0.2, -0.15) is 0 Å². The fourth-order valence-corrected chi connectivity index (χ4v) is 4.96. The van der Waals surface area contributed by atoms with Gasteiger partial charge >= 0.3 is 0 Å². The molecule has 7 heteroatoms. The molecule has 3 nitrogen and oxygen atoms in total. The number of ether oxygens (including phenoxy) is 3. The molecule has 0 aliphatic carbocycles. The van der Waals surface area contributed by atoms with Crippen molar-refractivity contribution in [3.63, 3.8) is 0 Å². The number of epoxide rings is 1. The van der Waals surface area contributed by atoms with Crippen LogP contribution in [0.5, 0.6) is 11.5 Å². The third-order valence-electron chi connectivity index (χ3n) is 4.29. The van der Waals surface area contributed by atoms with Crippen LogP contribution in [0.1, 0.15) is 24.0 Å². The van der Waals surface area contributed by atoms with Crippen molar-refractivity contribution >= 4 is 61.1 Å². The summed E-state index contributed by atoms with van der Waals surface area (Å²) in [7, 11) is 3.75. The van der Waals surface area contributed by atoms with Crippen LogP contribution in [-0.4, -0.2) is 34.3 Å². The number of halogens is 3. The molecule has 2 aromatic carbocycles. The summed E-state index contributed by atoms with van der Waals surface area (Å²) in [5.74, 6) is 1.93. The average Bonchev–Trinajstić information content (AvgIpc) is 3.37. The Morgan fingerprint density at radius 3 is 2.08 bits per heavy atom. The van der Waals surface area contributed by atoms with Gasteiger partial charge in [-0.15, -0.1) is 0 Å². The summed E-state index contributed by atoms with van der Waals surface area (Å²) in [5, 5.41) is 0. The molecule has 132 valence electrons. The molecular weight excluding hydrogens is 515 g/mol. The van der Waals surface area contributed by atoms with E-state index in [9.17, 15) is 0 Å². The Labute approximate surface area is 174 Å². The summed E-state index contributed by atoms with van der Waals surface area (Å²) in [5.41, 5.74) is 3.54. The second kappa shape index (κ2) is 8.03. The maximum Gasteiger partial charge on any atom is 0.147 e. The van der Waals surface area contributed by atoms with Gasteiger partial charge < -0.3 is 14.2 Å². The van der Waals surface area contributed by atoms with E-state index in [4.69, 9.17) is 14.2 Å². The van der Waals surface area contributed by atoms with Gasteiger partial charge in [0.25, 0.3) is 0 Å². The van der Waals surface area contributed by atoms with E-state index in [1.807, 2.05) is 0 Å². The standard InChI is InChI=1S/C18H18BBr3O3/c1-9(10-3-13(19)17(23-2)14(20)4-10)11-5-15(21)18(16(22)6-11)25-8-12-7-24-12/h3-6,9,12H,7-8,19H2,1-2H3. The van der Waals surface area contributed by atoms with Gasteiger partial charge in [0, 0.05) is 5.92 Å². The van der Waals surface area contributed by atoms with Crippen molar-refractivity contribution in [1.29, 1.82) is 0 Å². The lowest BCUT2D eigenvalue weighted by atomic mass is 9.87. The van der Waals surface area contributed by atoms with Crippen molar-refractivity contribution < 1.29 is 14.2 Å². The van der Waals surface area contributed by atoms with Crippen LogP contribution >= 0.6 is 47.8 Å². The molecule has 0 aromatic heterocycles. The average molecular weight is 533 g/mol. The fourth-order valence-electron chi connectivity index (χ4n) is 2.77. The molecule has 0 bridgehead atoms. The van der Waals surface area contributed by atoms with Crippen LogP contribution in [0.4, 0.5) is 0 Å². The van der Waals surface area contributed by atoms with Gasteiger partial charge in [-0.25, -0.2) is 0 Å². The third-order valence-corrected chi connectivity index (χ3v) is 6.06. The minimum absolute atomic E-state index is 0.231. The van der Waals surface area contributed by atoms with Gasteiger partial charge in [0.2, 0.25) is 0 Å². The molecule has 0 saturated carbocycles. The van der Waals surface area contributed by atoms with Crippen molar-refractivity contribution in [3.05, 3.63) is 48.8 Å². The summed E-state index contributed by atoms with van der Waals surface area (Å²) in [4.78, 5) is 0. The molecule has 0 N–H and O–H groups in total. The molecule has 0 radical (unpaired) electrons. The van der Waals surface area contributed by atoms with Crippen LogP contribution in [0.3, 0.4) is 0 Å². The Morgan fingerprint density at radius 2 is 1.60 bits per heavy atom. The number of hydrogen-bond acceptors (Lipinski definition) is 3. The molecule has 2 atom stereocenters. The van der Waals surface area contributed by atoms with Crippen LogP contribution < -0.4 is 14.9 Å². The highest BCUT2D eigenvalue weighted by Gasteiger charge is 2.24. The van der Waals surface area contributed by atoms with Crippen LogP contribution in [-0.2, 0) is 4.74 Å². The van der Waals surface area contributed by atoms with E-state index in [-0.39, 0.29) is 12.0 Å². The molecule has 0 amide bonds. The van der Waals surface area contributed by atoms with E-state index in [1.165, 1.54) is 11.1 Å². The molecule has 1 heterocycles. The molecule has 1 aliphatic rings. The second-order valence-corrected chi connectivity index (χ2v) is 8.72. The lowest BCUT2D eigenvalue weighted by Crippen LogP contribution is -2.11. The summed E-state index contributed by atoms with van der Waals surface area (Å²) in [6.45, 7) is 3.56. The predicted molar refractivity (Wildman–Crippen MR) is 113 cm³/mol. The van der Waals surface area contributed by atoms with E-state index < -0.39 is 0 Å². The van der Waals surface area contributed by atoms with E-state index in [2.05, 4.69) is 86.8 Å². The number of benzene rings is 2. The Bertz CT molecular complexity index is 747. The molecule has 2 aromatic rings. The number of methoxy groups -OCH3 is 1. The highest BCUT2D eigenvalue weighted by atomic mass is 79.9. The van der Waals surface area contributed by atoms with Gasteiger partial charge in [-0.3, -0.25) is 0 Å². The van der Waals surface area contributed by atoms with E-state index in [0.29, 0.717) is 6.61 Å². The summed E-state index contributed by atoms with van der Waals surface area (Å²) in [6.07, 6.45) is 0.233. The first-order valence-corrected chi connectivity index (χ1v) is 10.4. The molecule has 1 saturated heterocycles. The Hall–Kier alpha value is -0.495. The molecule has 3 rings (SSSR count).